The van der Waals surface area contributed by atoms with Crippen molar-refractivity contribution < 1.29 is 12.8 Å². The molecule has 0 saturated heterocycles. The molecule has 2 heterocycles. The van der Waals surface area contributed by atoms with Gasteiger partial charge < -0.3 is 5.73 Å². The van der Waals surface area contributed by atoms with E-state index in [2.05, 4.69) is 14.8 Å². The Morgan fingerprint density at radius 3 is 2.74 bits per heavy atom. The largest absolute Gasteiger partial charge is 0.381 e. The van der Waals surface area contributed by atoms with E-state index in [0.29, 0.717) is 6.54 Å². The number of nitrogens with one attached hydrogen (secondary N) is 1. The SMILES string of the molecule is CCn1cc(S(=O)(=O)Nc2ccc(F)cn2)c(N)n1. The molecular formula is C10H12FN5O2S. The molecule has 0 aliphatic rings. The number of aryl methyl sites for hydroxylation is 1. The third-order valence-corrected chi connectivity index (χ3v) is 3.71. The van der Waals surface area contributed by atoms with Gasteiger partial charge in [-0.3, -0.25) is 9.40 Å². The molecule has 0 radical (unpaired) electrons. The van der Waals surface area contributed by atoms with E-state index in [1.807, 2.05) is 0 Å². The molecular weight excluding hydrogens is 273 g/mol. The molecule has 3 N–H and O–H groups in total. The molecule has 0 unspecified atom stereocenters. The van der Waals surface area contributed by atoms with Gasteiger partial charge in [-0.15, -0.1) is 0 Å². The van der Waals surface area contributed by atoms with Crippen molar-refractivity contribution in [3.63, 3.8) is 0 Å². The summed E-state index contributed by atoms with van der Waals surface area (Å²) in [5.41, 5.74) is 5.55. The van der Waals surface area contributed by atoms with Gasteiger partial charge in [0.1, 0.15) is 16.5 Å². The van der Waals surface area contributed by atoms with Gasteiger partial charge in [0.15, 0.2) is 5.82 Å². The van der Waals surface area contributed by atoms with Crippen LogP contribution in [0.1, 0.15) is 6.92 Å². The van der Waals surface area contributed by atoms with Crippen LogP contribution in [0.3, 0.4) is 0 Å². The van der Waals surface area contributed by atoms with Crippen molar-refractivity contribution >= 4 is 21.7 Å². The normalized spacial score (nSPS) is 11.5. The molecule has 2 aromatic heterocycles. The lowest BCUT2D eigenvalue weighted by Gasteiger charge is -2.05. The van der Waals surface area contributed by atoms with Gasteiger partial charge in [0.05, 0.1) is 6.20 Å². The van der Waals surface area contributed by atoms with Crippen molar-refractivity contribution in [2.75, 3.05) is 10.5 Å². The maximum absolute atomic E-state index is 12.7. The standard InChI is InChI=1S/C10H12FN5O2S/c1-2-16-6-8(10(12)14-16)19(17,18)15-9-4-3-7(11)5-13-9/h3-6H,2H2,1H3,(H2,12,14)(H,13,15). The summed E-state index contributed by atoms with van der Waals surface area (Å²) >= 11 is 0. The van der Waals surface area contributed by atoms with E-state index >= 15 is 0 Å². The Kier molecular flexibility index (Phi) is 3.38. The first-order valence-corrected chi connectivity index (χ1v) is 6.88. The molecule has 2 aromatic rings. The number of halogens is 1. The molecule has 0 fully saturated rings. The number of anilines is 2. The van der Waals surface area contributed by atoms with Crippen molar-refractivity contribution in [2.24, 2.45) is 0 Å². The quantitative estimate of drug-likeness (QED) is 0.865. The Morgan fingerprint density at radius 2 is 2.21 bits per heavy atom. The van der Waals surface area contributed by atoms with Crippen molar-refractivity contribution in [1.82, 2.24) is 14.8 Å². The first-order chi connectivity index (χ1) is 8.92. The lowest BCUT2D eigenvalue weighted by molar-refractivity contribution is 0.600. The van der Waals surface area contributed by atoms with Gasteiger partial charge in [-0.25, -0.2) is 17.8 Å². The summed E-state index contributed by atoms with van der Waals surface area (Å²) in [5, 5.41) is 3.85. The summed E-state index contributed by atoms with van der Waals surface area (Å²) in [7, 11) is -3.89. The fourth-order valence-corrected chi connectivity index (χ4v) is 2.50. The Balaban J connectivity index is 2.31. The number of hydrogen-bond acceptors (Lipinski definition) is 5. The number of rotatable bonds is 4. The lowest BCUT2D eigenvalue weighted by Crippen LogP contribution is -2.14. The van der Waals surface area contributed by atoms with Gasteiger partial charge in [0.2, 0.25) is 0 Å². The fourth-order valence-electron chi connectivity index (χ4n) is 1.42. The third-order valence-electron chi connectivity index (χ3n) is 2.33. The highest BCUT2D eigenvalue weighted by Crippen LogP contribution is 2.19. The zero-order valence-corrected chi connectivity index (χ0v) is 10.9. The highest BCUT2D eigenvalue weighted by atomic mass is 32.2. The summed E-state index contributed by atoms with van der Waals surface area (Å²) in [4.78, 5) is 3.47. The van der Waals surface area contributed by atoms with Gasteiger partial charge >= 0.3 is 0 Å². The van der Waals surface area contributed by atoms with Gasteiger partial charge in [0, 0.05) is 12.7 Å². The van der Waals surface area contributed by atoms with Crippen LogP contribution < -0.4 is 10.5 Å². The van der Waals surface area contributed by atoms with E-state index in [1.165, 1.54) is 16.9 Å². The zero-order valence-electron chi connectivity index (χ0n) is 10.0. The van der Waals surface area contributed by atoms with E-state index in [4.69, 9.17) is 5.73 Å². The first kappa shape index (κ1) is 13.3. The second-order valence-corrected chi connectivity index (χ2v) is 5.35. The van der Waals surface area contributed by atoms with Crippen LogP contribution in [0, 0.1) is 5.82 Å². The highest BCUT2D eigenvalue weighted by Gasteiger charge is 2.21. The zero-order chi connectivity index (χ0) is 14.0. The maximum atomic E-state index is 12.7. The van der Waals surface area contributed by atoms with Crippen molar-refractivity contribution in [3.05, 3.63) is 30.3 Å². The molecule has 102 valence electrons. The molecule has 19 heavy (non-hydrogen) atoms. The topological polar surface area (TPSA) is 103 Å². The number of aromatic nitrogens is 3. The Morgan fingerprint density at radius 1 is 1.47 bits per heavy atom. The molecule has 0 bridgehead atoms. The number of sulfonamides is 1. The van der Waals surface area contributed by atoms with E-state index in [9.17, 15) is 12.8 Å². The van der Waals surface area contributed by atoms with Crippen LogP contribution in [0.2, 0.25) is 0 Å². The van der Waals surface area contributed by atoms with Crippen molar-refractivity contribution in [2.45, 2.75) is 18.4 Å². The fraction of sp³-hybridized carbons (Fsp3) is 0.200. The molecule has 0 amide bonds. The predicted molar refractivity (Wildman–Crippen MR) is 67.3 cm³/mol. The van der Waals surface area contributed by atoms with Gasteiger partial charge in [0.25, 0.3) is 10.0 Å². The number of nitrogens with two attached hydrogens (primary N) is 1. The third kappa shape index (κ3) is 2.81. The van der Waals surface area contributed by atoms with E-state index in [0.717, 1.165) is 12.3 Å². The van der Waals surface area contributed by atoms with Gasteiger partial charge in [-0.05, 0) is 19.1 Å². The minimum Gasteiger partial charge on any atom is -0.381 e. The molecule has 0 atom stereocenters. The Labute approximate surface area is 109 Å². The highest BCUT2D eigenvalue weighted by molar-refractivity contribution is 7.92. The molecule has 2 rings (SSSR count). The van der Waals surface area contributed by atoms with Crippen molar-refractivity contribution in [1.29, 1.82) is 0 Å². The Hall–Kier alpha value is -2.16. The number of pyridine rings is 1. The molecule has 0 aliphatic carbocycles. The van der Waals surface area contributed by atoms with Crippen LogP contribution in [0.4, 0.5) is 16.0 Å². The average Bonchev–Trinajstić information content (AvgIpc) is 2.74. The van der Waals surface area contributed by atoms with Crippen molar-refractivity contribution in [3.8, 4) is 0 Å². The first-order valence-electron chi connectivity index (χ1n) is 5.39. The van der Waals surface area contributed by atoms with Gasteiger partial charge in [-0.1, -0.05) is 0 Å². The lowest BCUT2D eigenvalue weighted by atomic mass is 10.5. The Bertz CT molecular complexity index is 680. The summed E-state index contributed by atoms with van der Waals surface area (Å²) in [6.07, 6.45) is 2.23. The molecule has 9 heteroatoms. The van der Waals surface area contributed by atoms with Crippen LogP contribution in [0.5, 0.6) is 0 Å². The number of nitrogen functional groups attached to an aromatic ring is 1. The summed E-state index contributed by atoms with van der Waals surface area (Å²) in [6, 6.07) is 2.32. The minimum atomic E-state index is -3.89. The molecule has 0 aliphatic heterocycles. The second-order valence-electron chi connectivity index (χ2n) is 3.70. The molecule has 0 aromatic carbocycles. The maximum Gasteiger partial charge on any atom is 0.268 e. The molecule has 0 saturated carbocycles. The molecule has 7 nitrogen and oxygen atoms in total. The van der Waals surface area contributed by atoms with Crippen LogP contribution in [0.15, 0.2) is 29.4 Å². The van der Waals surface area contributed by atoms with Crippen LogP contribution in [-0.4, -0.2) is 23.2 Å². The monoisotopic (exact) mass is 285 g/mol. The summed E-state index contributed by atoms with van der Waals surface area (Å²) < 4.78 is 40.4. The van der Waals surface area contributed by atoms with Crippen LogP contribution in [-0.2, 0) is 16.6 Å². The van der Waals surface area contributed by atoms with Crippen LogP contribution >= 0.6 is 0 Å². The van der Waals surface area contributed by atoms with E-state index < -0.39 is 15.8 Å². The summed E-state index contributed by atoms with van der Waals surface area (Å²) in [6.45, 7) is 2.30. The predicted octanol–water partition coefficient (Wildman–Crippen LogP) is 0.820. The second kappa shape index (κ2) is 4.84. The number of nitrogens with zero attached hydrogens (tertiary/aromatic N) is 3. The van der Waals surface area contributed by atoms with E-state index in [1.54, 1.807) is 6.92 Å². The minimum absolute atomic E-state index is 0.00467. The average molecular weight is 285 g/mol. The van der Waals surface area contributed by atoms with E-state index in [-0.39, 0.29) is 16.5 Å². The number of hydrogen-bond donors (Lipinski definition) is 2. The molecule has 0 spiro atoms. The smallest absolute Gasteiger partial charge is 0.268 e. The summed E-state index contributed by atoms with van der Waals surface area (Å²) in [5.74, 6) is -0.650. The van der Waals surface area contributed by atoms with Gasteiger partial charge in [-0.2, -0.15) is 5.10 Å². The van der Waals surface area contributed by atoms with Crippen LogP contribution in [0.25, 0.3) is 0 Å².